The van der Waals surface area contributed by atoms with Crippen molar-refractivity contribution in [2.75, 3.05) is 19.8 Å². The lowest BCUT2D eigenvalue weighted by Gasteiger charge is -2.38. The number of hydrogen-bond acceptors (Lipinski definition) is 4. The van der Waals surface area contributed by atoms with Crippen molar-refractivity contribution in [3.05, 3.63) is 64.7 Å². The van der Waals surface area contributed by atoms with Gasteiger partial charge in [0.25, 0.3) is 0 Å². The first kappa shape index (κ1) is 19.3. The number of nitrogens with zero attached hydrogens (tertiary/aromatic N) is 1. The fourth-order valence-electron chi connectivity index (χ4n) is 3.04. The van der Waals surface area contributed by atoms with E-state index in [9.17, 15) is 13.5 Å². The van der Waals surface area contributed by atoms with Crippen molar-refractivity contribution < 1.29 is 18.3 Å². The summed E-state index contributed by atoms with van der Waals surface area (Å²) in [5.74, 6) is 0. The Morgan fingerprint density at radius 3 is 2.42 bits per heavy atom. The Labute approximate surface area is 159 Å². The van der Waals surface area contributed by atoms with Gasteiger partial charge >= 0.3 is 0 Å². The lowest BCUT2D eigenvalue weighted by atomic mass is 10.1. The van der Waals surface area contributed by atoms with Gasteiger partial charge in [-0.3, -0.25) is 0 Å². The van der Waals surface area contributed by atoms with E-state index in [-0.39, 0.29) is 30.7 Å². The minimum atomic E-state index is -3.68. The summed E-state index contributed by atoms with van der Waals surface area (Å²) in [5.41, 5.74) is 1.98. The van der Waals surface area contributed by atoms with Gasteiger partial charge < -0.3 is 9.84 Å². The molecule has 26 heavy (non-hydrogen) atoms. The summed E-state index contributed by atoms with van der Waals surface area (Å²) in [4.78, 5) is 0.253. The molecule has 3 rings (SSSR count). The Morgan fingerprint density at radius 2 is 1.81 bits per heavy atom. The van der Waals surface area contributed by atoms with Crippen LogP contribution in [0.3, 0.4) is 0 Å². The van der Waals surface area contributed by atoms with Gasteiger partial charge in [-0.25, -0.2) is 8.42 Å². The number of ether oxygens (including phenoxy) is 1. The van der Waals surface area contributed by atoms with Crippen molar-refractivity contribution in [3.8, 4) is 0 Å². The summed E-state index contributed by atoms with van der Waals surface area (Å²) in [6.45, 7) is 2.06. The average Bonchev–Trinajstić information content (AvgIpc) is 2.64. The van der Waals surface area contributed by atoms with Crippen molar-refractivity contribution in [2.24, 2.45) is 0 Å². The predicted octanol–water partition coefficient (Wildman–Crippen LogP) is 2.64. The predicted molar refractivity (Wildman–Crippen MR) is 101 cm³/mol. The Bertz CT molecular complexity index is 837. The lowest BCUT2D eigenvalue weighted by Crippen LogP contribution is -2.53. The molecule has 0 amide bonds. The van der Waals surface area contributed by atoms with Crippen LogP contribution in [0, 0.1) is 6.92 Å². The fourth-order valence-corrected chi connectivity index (χ4v) is 4.80. The normalized spacial score (nSPS) is 21.7. The van der Waals surface area contributed by atoms with Gasteiger partial charge in [0, 0.05) is 11.6 Å². The quantitative estimate of drug-likeness (QED) is 0.845. The molecule has 2 aromatic carbocycles. The van der Waals surface area contributed by atoms with Crippen LogP contribution in [0.25, 0.3) is 0 Å². The molecule has 1 N–H and O–H groups in total. The zero-order chi connectivity index (χ0) is 18.7. The molecular weight excluding hydrogens is 374 g/mol. The van der Waals surface area contributed by atoms with E-state index in [0.29, 0.717) is 11.4 Å². The zero-order valence-corrected chi connectivity index (χ0v) is 16.1. The Balaban J connectivity index is 1.89. The van der Waals surface area contributed by atoms with Gasteiger partial charge in [0.1, 0.15) is 0 Å². The second-order valence-electron chi connectivity index (χ2n) is 6.51. The van der Waals surface area contributed by atoms with E-state index in [2.05, 4.69) is 0 Å². The second kappa shape index (κ2) is 8.06. The molecule has 2 aromatic rings. The van der Waals surface area contributed by atoms with Crippen LogP contribution in [-0.4, -0.2) is 49.7 Å². The molecule has 1 heterocycles. The van der Waals surface area contributed by atoms with E-state index < -0.39 is 16.1 Å². The van der Waals surface area contributed by atoms with Gasteiger partial charge in [-0.2, -0.15) is 4.31 Å². The highest BCUT2D eigenvalue weighted by Gasteiger charge is 2.37. The van der Waals surface area contributed by atoms with Crippen LogP contribution in [0.2, 0.25) is 5.02 Å². The van der Waals surface area contributed by atoms with Crippen LogP contribution < -0.4 is 0 Å². The monoisotopic (exact) mass is 395 g/mol. The number of rotatable bonds is 5. The number of aliphatic hydroxyl groups excluding tert-OH is 1. The number of halogens is 1. The minimum absolute atomic E-state index is 0.130. The molecule has 1 saturated heterocycles. The van der Waals surface area contributed by atoms with E-state index in [0.717, 1.165) is 11.1 Å². The minimum Gasteiger partial charge on any atom is -0.394 e. The van der Waals surface area contributed by atoms with Crippen LogP contribution in [0.15, 0.2) is 53.4 Å². The topological polar surface area (TPSA) is 66.8 Å². The van der Waals surface area contributed by atoms with Gasteiger partial charge in [-0.15, -0.1) is 0 Å². The molecule has 1 aliphatic rings. The number of aliphatic hydroxyl groups is 1. The molecule has 0 radical (unpaired) electrons. The summed E-state index contributed by atoms with van der Waals surface area (Å²) in [6, 6.07) is 13.8. The van der Waals surface area contributed by atoms with Crippen molar-refractivity contribution >= 4 is 21.6 Å². The van der Waals surface area contributed by atoms with Gasteiger partial charge in [0.15, 0.2) is 0 Å². The maximum Gasteiger partial charge on any atom is 0.243 e. The van der Waals surface area contributed by atoms with E-state index >= 15 is 0 Å². The molecule has 0 bridgehead atoms. The largest absolute Gasteiger partial charge is 0.394 e. The Kier molecular flexibility index (Phi) is 5.99. The van der Waals surface area contributed by atoms with E-state index in [1.807, 2.05) is 19.1 Å². The Hall–Kier alpha value is -1.44. The molecule has 0 aromatic heterocycles. The lowest BCUT2D eigenvalue weighted by molar-refractivity contribution is -0.0554. The first-order valence-electron chi connectivity index (χ1n) is 8.45. The Morgan fingerprint density at radius 1 is 1.15 bits per heavy atom. The standard InChI is InChI=1S/C19H22ClNO4S/c1-14-2-8-19(9-3-14)26(23,24)21-11-18(12-22)25-13-17(21)10-15-4-6-16(20)7-5-15/h2-9,17-18,22H,10-13H2,1H3/t17?,18-/m0/s1. The first-order valence-corrected chi connectivity index (χ1v) is 10.3. The molecule has 0 aliphatic carbocycles. The highest BCUT2D eigenvalue weighted by Crippen LogP contribution is 2.25. The smallest absolute Gasteiger partial charge is 0.243 e. The van der Waals surface area contributed by atoms with E-state index in [4.69, 9.17) is 16.3 Å². The third-order valence-corrected chi connectivity index (χ3v) is 6.72. The molecular formula is C19H22ClNO4S. The maximum absolute atomic E-state index is 13.2. The van der Waals surface area contributed by atoms with Crippen LogP contribution >= 0.6 is 11.6 Å². The summed E-state index contributed by atoms with van der Waals surface area (Å²) in [6.07, 6.45) is -0.00266. The van der Waals surface area contributed by atoms with Crippen molar-refractivity contribution in [1.29, 1.82) is 0 Å². The number of benzene rings is 2. The van der Waals surface area contributed by atoms with Gasteiger partial charge in [-0.05, 0) is 43.2 Å². The molecule has 7 heteroatoms. The summed E-state index contributed by atoms with van der Waals surface area (Å²) >= 11 is 5.93. The molecule has 2 atom stereocenters. The molecule has 1 fully saturated rings. The maximum atomic E-state index is 13.2. The van der Waals surface area contributed by atoms with Crippen molar-refractivity contribution in [3.63, 3.8) is 0 Å². The van der Waals surface area contributed by atoms with E-state index in [1.54, 1.807) is 36.4 Å². The van der Waals surface area contributed by atoms with Crippen LogP contribution in [0.5, 0.6) is 0 Å². The third kappa shape index (κ3) is 4.27. The van der Waals surface area contributed by atoms with Gasteiger partial charge in [0.2, 0.25) is 10.0 Å². The molecule has 1 unspecified atom stereocenters. The summed E-state index contributed by atoms with van der Waals surface area (Å²) < 4.78 is 33.5. The van der Waals surface area contributed by atoms with Crippen LogP contribution in [-0.2, 0) is 21.2 Å². The summed E-state index contributed by atoms with van der Waals surface area (Å²) in [5, 5.41) is 10.1. The average molecular weight is 396 g/mol. The molecule has 0 saturated carbocycles. The number of sulfonamides is 1. The van der Waals surface area contributed by atoms with Crippen LogP contribution in [0.1, 0.15) is 11.1 Å². The third-order valence-electron chi connectivity index (χ3n) is 4.53. The van der Waals surface area contributed by atoms with E-state index in [1.165, 1.54) is 4.31 Å². The SMILES string of the molecule is Cc1ccc(S(=O)(=O)N2C[C@@H](CO)OCC2Cc2ccc(Cl)cc2)cc1. The molecule has 140 valence electrons. The number of morpholine rings is 1. The van der Waals surface area contributed by atoms with Crippen molar-refractivity contribution in [2.45, 2.75) is 30.4 Å². The first-order chi connectivity index (χ1) is 12.4. The highest BCUT2D eigenvalue weighted by molar-refractivity contribution is 7.89. The number of hydrogen-bond donors (Lipinski definition) is 1. The zero-order valence-electron chi connectivity index (χ0n) is 14.5. The molecule has 5 nitrogen and oxygen atoms in total. The van der Waals surface area contributed by atoms with Gasteiger partial charge in [0.05, 0.1) is 30.3 Å². The molecule has 1 aliphatic heterocycles. The highest BCUT2D eigenvalue weighted by atomic mass is 35.5. The summed E-state index contributed by atoms with van der Waals surface area (Å²) in [7, 11) is -3.68. The number of aryl methyl sites for hydroxylation is 1. The van der Waals surface area contributed by atoms with Crippen LogP contribution in [0.4, 0.5) is 0 Å². The fraction of sp³-hybridized carbons (Fsp3) is 0.368. The molecule has 0 spiro atoms. The second-order valence-corrected chi connectivity index (χ2v) is 8.84. The van der Waals surface area contributed by atoms with Gasteiger partial charge in [-0.1, -0.05) is 41.4 Å². The van der Waals surface area contributed by atoms with Crippen molar-refractivity contribution in [1.82, 2.24) is 4.31 Å².